The highest BCUT2D eigenvalue weighted by molar-refractivity contribution is 5.88. The quantitative estimate of drug-likeness (QED) is 0.703. The minimum absolute atomic E-state index is 0.155. The molecule has 0 bridgehead atoms. The van der Waals surface area contributed by atoms with Gasteiger partial charge in [-0.2, -0.15) is 0 Å². The van der Waals surface area contributed by atoms with Gasteiger partial charge in [-0.15, -0.1) is 0 Å². The van der Waals surface area contributed by atoms with Gasteiger partial charge in [0.15, 0.2) is 5.78 Å². The summed E-state index contributed by atoms with van der Waals surface area (Å²) in [6.07, 6.45) is 0.376. The first-order valence-corrected chi connectivity index (χ1v) is 4.82. The lowest BCUT2D eigenvalue weighted by molar-refractivity contribution is -0.165. The van der Waals surface area contributed by atoms with E-state index in [4.69, 9.17) is 4.74 Å². The van der Waals surface area contributed by atoms with Crippen LogP contribution in [0.1, 0.15) is 33.6 Å². The fourth-order valence-corrected chi connectivity index (χ4v) is 1.53. The fraction of sp³-hybridized carbons (Fsp3) is 0.900. The molecule has 2 atom stereocenters. The lowest BCUT2D eigenvalue weighted by Gasteiger charge is -2.37. The first kappa shape index (κ1) is 10.7. The second kappa shape index (κ2) is 3.76. The van der Waals surface area contributed by atoms with Gasteiger partial charge >= 0.3 is 0 Å². The highest BCUT2D eigenvalue weighted by atomic mass is 16.5. The first-order chi connectivity index (χ1) is 5.99. The Hall–Kier alpha value is -0.410. The van der Waals surface area contributed by atoms with Gasteiger partial charge in [-0.25, -0.2) is 0 Å². The van der Waals surface area contributed by atoms with E-state index in [9.17, 15) is 9.90 Å². The zero-order chi connectivity index (χ0) is 10.1. The smallest absolute Gasteiger partial charge is 0.190 e. The van der Waals surface area contributed by atoms with Crippen LogP contribution >= 0.6 is 0 Å². The number of hydrogen-bond donors (Lipinski definition) is 1. The molecule has 13 heavy (non-hydrogen) atoms. The summed E-state index contributed by atoms with van der Waals surface area (Å²) >= 11 is 0. The molecule has 0 radical (unpaired) electrons. The summed E-state index contributed by atoms with van der Waals surface area (Å²) in [5.41, 5.74) is -0.429. The standard InChI is InChI=1S/C10H18O3/c1-4-5-7-8(11)9(12)10(2,3)6-13-7/h7,9,12H,4-6H2,1-3H3/t7-,9-/m1/s1. The minimum atomic E-state index is -0.863. The van der Waals surface area contributed by atoms with Crippen LogP contribution in [0.25, 0.3) is 0 Å². The van der Waals surface area contributed by atoms with Crippen molar-refractivity contribution < 1.29 is 14.6 Å². The van der Waals surface area contributed by atoms with E-state index in [-0.39, 0.29) is 11.9 Å². The van der Waals surface area contributed by atoms with E-state index in [1.54, 1.807) is 0 Å². The molecule has 1 aliphatic heterocycles. The Morgan fingerprint density at radius 1 is 1.62 bits per heavy atom. The van der Waals surface area contributed by atoms with Gasteiger partial charge in [0.2, 0.25) is 0 Å². The average molecular weight is 186 g/mol. The van der Waals surface area contributed by atoms with E-state index in [2.05, 4.69) is 0 Å². The number of carbonyl (C=O) groups is 1. The topological polar surface area (TPSA) is 46.5 Å². The van der Waals surface area contributed by atoms with Gasteiger partial charge in [-0.1, -0.05) is 27.2 Å². The monoisotopic (exact) mass is 186 g/mol. The number of hydrogen-bond acceptors (Lipinski definition) is 3. The molecule has 0 unspecified atom stereocenters. The third kappa shape index (κ3) is 2.09. The molecule has 0 saturated carbocycles. The highest BCUT2D eigenvalue weighted by Crippen LogP contribution is 2.29. The number of aliphatic hydroxyl groups excluding tert-OH is 1. The molecule has 1 N–H and O–H groups in total. The van der Waals surface area contributed by atoms with Crippen molar-refractivity contribution in [1.82, 2.24) is 0 Å². The third-order valence-corrected chi connectivity index (χ3v) is 2.53. The number of rotatable bonds is 2. The molecule has 0 aliphatic carbocycles. The van der Waals surface area contributed by atoms with Crippen LogP contribution in [0.15, 0.2) is 0 Å². The summed E-state index contributed by atoms with van der Waals surface area (Å²) in [6.45, 7) is 6.16. The van der Waals surface area contributed by atoms with E-state index in [0.29, 0.717) is 13.0 Å². The van der Waals surface area contributed by atoms with E-state index in [0.717, 1.165) is 6.42 Å². The molecule has 0 spiro atoms. The summed E-state index contributed by atoms with van der Waals surface area (Å²) in [7, 11) is 0. The highest BCUT2D eigenvalue weighted by Gasteiger charge is 2.42. The fourth-order valence-electron chi connectivity index (χ4n) is 1.53. The van der Waals surface area contributed by atoms with Crippen molar-refractivity contribution in [2.24, 2.45) is 5.41 Å². The molecule has 1 heterocycles. The molecule has 0 aromatic heterocycles. The Labute approximate surface area is 79.1 Å². The molecule has 76 valence electrons. The van der Waals surface area contributed by atoms with Crippen molar-refractivity contribution in [3.8, 4) is 0 Å². The van der Waals surface area contributed by atoms with E-state index in [1.165, 1.54) is 0 Å². The van der Waals surface area contributed by atoms with Crippen LogP contribution in [0.2, 0.25) is 0 Å². The Morgan fingerprint density at radius 2 is 2.23 bits per heavy atom. The number of ketones is 1. The summed E-state index contributed by atoms with van der Waals surface area (Å²) in [4.78, 5) is 11.6. The first-order valence-electron chi connectivity index (χ1n) is 4.82. The zero-order valence-electron chi connectivity index (χ0n) is 8.54. The van der Waals surface area contributed by atoms with Gasteiger partial charge in [-0.3, -0.25) is 4.79 Å². The predicted molar refractivity (Wildman–Crippen MR) is 49.4 cm³/mol. The molecule has 0 aromatic carbocycles. The maximum Gasteiger partial charge on any atom is 0.190 e. The van der Waals surface area contributed by atoms with Crippen molar-refractivity contribution in [2.75, 3.05) is 6.61 Å². The Morgan fingerprint density at radius 3 is 2.77 bits per heavy atom. The molecule has 0 aromatic rings. The minimum Gasteiger partial charge on any atom is -0.385 e. The van der Waals surface area contributed by atoms with Gasteiger partial charge in [0, 0.05) is 5.41 Å². The van der Waals surface area contributed by atoms with Crippen molar-refractivity contribution in [3.05, 3.63) is 0 Å². The summed E-state index contributed by atoms with van der Waals surface area (Å²) in [5, 5.41) is 9.67. The van der Waals surface area contributed by atoms with Crippen LogP contribution in [-0.4, -0.2) is 29.7 Å². The average Bonchev–Trinajstić information content (AvgIpc) is 2.07. The van der Waals surface area contributed by atoms with Crippen LogP contribution < -0.4 is 0 Å². The van der Waals surface area contributed by atoms with Crippen LogP contribution in [0.5, 0.6) is 0 Å². The van der Waals surface area contributed by atoms with E-state index in [1.807, 2.05) is 20.8 Å². The Kier molecular flexibility index (Phi) is 3.09. The van der Waals surface area contributed by atoms with Gasteiger partial charge in [0.1, 0.15) is 12.2 Å². The lowest BCUT2D eigenvalue weighted by atomic mass is 9.81. The van der Waals surface area contributed by atoms with Crippen LogP contribution in [0.4, 0.5) is 0 Å². The number of ether oxygens (including phenoxy) is 1. The lowest BCUT2D eigenvalue weighted by Crippen LogP contribution is -2.51. The molecular weight excluding hydrogens is 168 g/mol. The predicted octanol–water partition coefficient (Wildman–Crippen LogP) is 1.14. The van der Waals surface area contributed by atoms with Crippen LogP contribution in [-0.2, 0) is 9.53 Å². The molecule has 1 aliphatic rings. The summed E-state index contributed by atoms with van der Waals surface area (Å²) in [6, 6.07) is 0. The second-order valence-corrected chi connectivity index (χ2v) is 4.38. The molecule has 0 amide bonds. The van der Waals surface area contributed by atoms with Gasteiger partial charge in [-0.05, 0) is 6.42 Å². The van der Waals surface area contributed by atoms with Crippen molar-refractivity contribution in [2.45, 2.75) is 45.8 Å². The molecule has 3 nitrogen and oxygen atoms in total. The Balaban J connectivity index is 2.65. The van der Waals surface area contributed by atoms with E-state index >= 15 is 0 Å². The largest absolute Gasteiger partial charge is 0.385 e. The molecule has 3 heteroatoms. The van der Waals surface area contributed by atoms with Crippen molar-refractivity contribution in [3.63, 3.8) is 0 Å². The SMILES string of the molecule is CCC[C@H]1OCC(C)(C)[C@H](O)C1=O. The maximum atomic E-state index is 11.6. The molecule has 1 rings (SSSR count). The number of Topliss-reactive ketones (excluding diaryl/α,β-unsaturated/α-hetero) is 1. The van der Waals surface area contributed by atoms with Crippen LogP contribution in [0.3, 0.4) is 0 Å². The Bertz CT molecular complexity index is 198. The molecular formula is C10H18O3. The van der Waals surface area contributed by atoms with E-state index < -0.39 is 11.5 Å². The van der Waals surface area contributed by atoms with Crippen molar-refractivity contribution >= 4 is 5.78 Å². The third-order valence-electron chi connectivity index (χ3n) is 2.53. The van der Waals surface area contributed by atoms with Crippen molar-refractivity contribution in [1.29, 1.82) is 0 Å². The normalized spacial score (nSPS) is 33.4. The summed E-state index contributed by atoms with van der Waals surface area (Å²) < 4.78 is 5.41. The van der Waals surface area contributed by atoms with Crippen LogP contribution in [0, 0.1) is 5.41 Å². The van der Waals surface area contributed by atoms with Gasteiger partial charge < -0.3 is 9.84 Å². The van der Waals surface area contributed by atoms with Gasteiger partial charge in [0.05, 0.1) is 6.61 Å². The summed E-state index contributed by atoms with van der Waals surface area (Å²) in [5.74, 6) is -0.155. The molecule has 1 fully saturated rings. The van der Waals surface area contributed by atoms with Gasteiger partial charge in [0.25, 0.3) is 0 Å². The second-order valence-electron chi connectivity index (χ2n) is 4.38. The molecule has 1 saturated heterocycles. The number of carbonyl (C=O) groups excluding carboxylic acids is 1. The zero-order valence-corrected chi connectivity index (χ0v) is 8.54. The maximum absolute atomic E-state index is 11.6. The number of aliphatic hydroxyl groups is 1.